The molecule has 1 heterocycles. The molecular formula is C36H44N4O5. The molecule has 0 aromatic heterocycles. The number of ether oxygens (including phenoxy) is 3. The van der Waals surface area contributed by atoms with Crippen molar-refractivity contribution in [3.8, 4) is 22.6 Å². The Hall–Kier alpha value is -4.08. The average Bonchev–Trinajstić information content (AvgIpc) is 3.93. The number of carbonyl (C=O) groups is 2. The second-order valence-electron chi connectivity index (χ2n) is 12.4. The molecule has 2 aliphatic carbocycles. The van der Waals surface area contributed by atoms with Gasteiger partial charge in [0.15, 0.2) is 11.5 Å². The number of anilines is 2. The topological polar surface area (TPSA) is 106 Å². The first-order valence-electron chi connectivity index (χ1n) is 16.1. The van der Waals surface area contributed by atoms with Crippen LogP contribution < -0.4 is 25.4 Å². The van der Waals surface area contributed by atoms with Gasteiger partial charge in [0.05, 0.1) is 38.8 Å². The van der Waals surface area contributed by atoms with Crippen LogP contribution in [0, 0.1) is 5.92 Å². The van der Waals surface area contributed by atoms with Crippen molar-refractivity contribution in [1.29, 1.82) is 0 Å². The maximum atomic E-state index is 13.5. The quantitative estimate of drug-likeness (QED) is 0.313. The maximum absolute atomic E-state index is 13.5. The highest BCUT2D eigenvalue weighted by atomic mass is 16.5. The van der Waals surface area contributed by atoms with E-state index in [1.54, 1.807) is 32.4 Å². The Balaban J connectivity index is 1.28. The van der Waals surface area contributed by atoms with Gasteiger partial charge in [0.2, 0.25) is 5.91 Å². The fourth-order valence-electron chi connectivity index (χ4n) is 6.48. The minimum atomic E-state index is -0.238. The van der Waals surface area contributed by atoms with Gasteiger partial charge in [-0.15, -0.1) is 0 Å². The normalized spacial score (nSPS) is 19.9. The molecular weight excluding hydrogens is 568 g/mol. The van der Waals surface area contributed by atoms with Gasteiger partial charge in [0.1, 0.15) is 0 Å². The van der Waals surface area contributed by atoms with Crippen LogP contribution in [-0.2, 0) is 16.1 Å². The summed E-state index contributed by atoms with van der Waals surface area (Å²) in [5.74, 6) is 1.28. The lowest BCUT2D eigenvalue weighted by atomic mass is 9.90. The van der Waals surface area contributed by atoms with Crippen LogP contribution in [0.3, 0.4) is 0 Å². The minimum absolute atomic E-state index is 0.174. The van der Waals surface area contributed by atoms with Gasteiger partial charge in [-0.25, -0.2) is 0 Å². The van der Waals surface area contributed by atoms with Gasteiger partial charge >= 0.3 is 0 Å². The molecule has 3 aromatic carbocycles. The maximum Gasteiger partial charge on any atom is 0.255 e. The lowest BCUT2D eigenvalue weighted by Gasteiger charge is -2.36. The van der Waals surface area contributed by atoms with Crippen LogP contribution >= 0.6 is 0 Å². The van der Waals surface area contributed by atoms with E-state index < -0.39 is 0 Å². The number of nitrogens with one attached hydrogen (secondary N) is 1. The fraction of sp³-hybridized carbons (Fsp3) is 0.444. The Labute approximate surface area is 265 Å². The first kappa shape index (κ1) is 30.9. The number of rotatable bonds is 10. The van der Waals surface area contributed by atoms with Gasteiger partial charge in [-0.3, -0.25) is 9.59 Å². The summed E-state index contributed by atoms with van der Waals surface area (Å²) in [7, 11) is 3.13. The van der Waals surface area contributed by atoms with E-state index in [0.717, 1.165) is 79.7 Å². The van der Waals surface area contributed by atoms with Crippen molar-refractivity contribution in [3.63, 3.8) is 0 Å². The van der Waals surface area contributed by atoms with Crippen molar-refractivity contribution < 1.29 is 23.8 Å². The highest BCUT2D eigenvalue weighted by molar-refractivity contribution is 6.06. The summed E-state index contributed by atoms with van der Waals surface area (Å²) in [4.78, 5) is 31.3. The van der Waals surface area contributed by atoms with E-state index >= 15 is 0 Å². The fourth-order valence-corrected chi connectivity index (χ4v) is 6.48. The first-order chi connectivity index (χ1) is 21.9. The van der Waals surface area contributed by atoms with Crippen molar-refractivity contribution in [2.75, 3.05) is 50.7 Å². The Morgan fingerprint density at radius 1 is 0.889 bits per heavy atom. The third-order valence-corrected chi connectivity index (χ3v) is 9.25. The Morgan fingerprint density at radius 3 is 2.33 bits per heavy atom. The summed E-state index contributed by atoms with van der Waals surface area (Å²) >= 11 is 0. The predicted octanol–water partition coefficient (Wildman–Crippen LogP) is 5.47. The molecule has 3 aromatic rings. The molecule has 45 heavy (non-hydrogen) atoms. The lowest BCUT2D eigenvalue weighted by molar-refractivity contribution is -0.136. The molecule has 3 N–H and O–H groups in total. The van der Waals surface area contributed by atoms with E-state index in [-0.39, 0.29) is 29.8 Å². The van der Waals surface area contributed by atoms with Crippen LogP contribution in [0.5, 0.6) is 11.5 Å². The molecule has 9 nitrogen and oxygen atoms in total. The van der Waals surface area contributed by atoms with Crippen LogP contribution in [-0.4, -0.2) is 69.3 Å². The second kappa shape index (κ2) is 13.9. The van der Waals surface area contributed by atoms with Crippen LogP contribution in [0.2, 0.25) is 0 Å². The van der Waals surface area contributed by atoms with Gasteiger partial charge in [0.25, 0.3) is 5.91 Å². The molecule has 0 radical (unpaired) electrons. The monoisotopic (exact) mass is 612 g/mol. The van der Waals surface area contributed by atoms with Crippen molar-refractivity contribution >= 4 is 23.2 Å². The van der Waals surface area contributed by atoms with Crippen LogP contribution in [0.4, 0.5) is 11.4 Å². The van der Waals surface area contributed by atoms with Gasteiger partial charge in [0, 0.05) is 43.2 Å². The molecule has 3 fully saturated rings. The number of amides is 2. The van der Waals surface area contributed by atoms with Gasteiger partial charge in [-0.1, -0.05) is 24.3 Å². The van der Waals surface area contributed by atoms with E-state index in [1.807, 2.05) is 6.07 Å². The molecule has 9 heteroatoms. The zero-order valence-corrected chi connectivity index (χ0v) is 26.3. The molecule has 0 spiro atoms. The Bertz CT molecular complexity index is 1510. The summed E-state index contributed by atoms with van der Waals surface area (Å²) < 4.78 is 16.4. The molecule has 2 saturated carbocycles. The van der Waals surface area contributed by atoms with E-state index in [9.17, 15) is 9.59 Å². The summed E-state index contributed by atoms with van der Waals surface area (Å²) in [6.45, 7) is 3.35. The molecule has 0 bridgehead atoms. The Kier molecular flexibility index (Phi) is 9.56. The number of hydrogen-bond donors (Lipinski definition) is 2. The summed E-state index contributed by atoms with van der Waals surface area (Å²) in [5.41, 5.74) is 11.5. The molecule has 6 rings (SSSR count). The minimum Gasteiger partial charge on any atom is -0.493 e. The molecule has 1 saturated heterocycles. The number of methoxy groups -OCH3 is 2. The van der Waals surface area contributed by atoms with Crippen molar-refractivity contribution in [3.05, 3.63) is 71.8 Å². The highest BCUT2D eigenvalue weighted by Crippen LogP contribution is 2.36. The van der Waals surface area contributed by atoms with Crippen LogP contribution in [0.15, 0.2) is 60.7 Å². The number of benzene rings is 3. The second-order valence-corrected chi connectivity index (χ2v) is 12.4. The van der Waals surface area contributed by atoms with Gasteiger partial charge in [-0.2, -0.15) is 0 Å². The smallest absolute Gasteiger partial charge is 0.255 e. The predicted molar refractivity (Wildman–Crippen MR) is 176 cm³/mol. The first-order valence-corrected chi connectivity index (χ1v) is 16.1. The van der Waals surface area contributed by atoms with E-state index in [2.05, 4.69) is 51.5 Å². The molecule has 1 aliphatic heterocycles. The third-order valence-electron chi connectivity index (χ3n) is 9.25. The number of morpholine rings is 1. The van der Waals surface area contributed by atoms with Crippen LogP contribution in [0.25, 0.3) is 11.1 Å². The largest absolute Gasteiger partial charge is 0.493 e. The third kappa shape index (κ3) is 7.26. The van der Waals surface area contributed by atoms with E-state index in [0.29, 0.717) is 36.8 Å². The molecule has 238 valence electrons. The molecule has 3 aliphatic rings. The van der Waals surface area contributed by atoms with Crippen molar-refractivity contribution in [1.82, 2.24) is 4.90 Å². The lowest BCUT2D eigenvalue weighted by Crippen LogP contribution is -2.44. The molecule has 2 amide bonds. The average molecular weight is 613 g/mol. The highest BCUT2D eigenvalue weighted by Gasteiger charge is 2.37. The zero-order valence-electron chi connectivity index (χ0n) is 26.3. The van der Waals surface area contributed by atoms with E-state index in [1.165, 1.54) is 0 Å². The summed E-state index contributed by atoms with van der Waals surface area (Å²) in [6.07, 6.45) is 5.85. The van der Waals surface area contributed by atoms with Crippen molar-refractivity contribution in [2.45, 2.75) is 57.2 Å². The Morgan fingerprint density at radius 2 is 1.62 bits per heavy atom. The van der Waals surface area contributed by atoms with E-state index in [4.69, 9.17) is 19.9 Å². The number of nitrogens with zero attached hydrogens (tertiary/aromatic N) is 2. The zero-order chi connectivity index (χ0) is 31.3. The number of carbonyl (C=O) groups excluding carboxylic acids is 2. The standard InChI is InChI=1S/C36H44N4O5/c1-43-33-15-9-28(22-34(33)44-2)35(41)38-31-21-27(8-14-32(31)39-16-18-45-19-17-39)26-5-3-4-24(20-26)23-40(36(42)25-6-7-25)30-12-10-29(37)11-13-30/h3-5,8-9,14-15,20-22,25,29-30H,6-7,10-13,16-19,23,37H2,1-2H3,(H,38,41). The van der Waals surface area contributed by atoms with Gasteiger partial charge < -0.3 is 35.1 Å². The number of hydrogen-bond acceptors (Lipinski definition) is 7. The molecule has 0 unspecified atom stereocenters. The van der Waals surface area contributed by atoms with Gasteiger partial charge in [-0.05, 0) is 91.6 Å². The SMILES string of the molecule is COc1ccc(C(=O)Nc2cc(-c3cccc(CN(C(=O)C4CC4)C4CCC(N)CC4)c3)ccc2N2CCOCC2)cc1OC. The van der Waals surface area contributed by atoms with Crippen LogP contribution in [0.1, 0.15) is 54.4 Å². The van der Waals surface area contributed by atoms with Crippen molar-refractivity contribution in [2.24, 2.45) is 11.7 Å². The summed E-state index contributed by atoms with van der Waals surface area (Å²) in [5, 5.41) is 3.17. The summed E-state index contributed by atoms with van der Waals surface area (Å²) in [6, 6.07) is 20.3. The number of nitrogens with two attached hydrogens (primary N) is 1. The molecule has 0 atom stereocenters.